The number of benzene rings is 1. The monoisotopic (exact) mass is 252 g/mol. The van der Waals surface area contributed by atoms with Gasteiger partial charge in [-0.15, -0.1) is 0 Å². The Bertz CT molecular complexity index is 701. The Labute approximate surface area is 112 Å². The summed E-state index contributed by atoms with van der Waals surface area (Å²) in [5.74, 6) is 0.907. The number of aryl methyl sites for hydroxylation is 2. The van der Waals surface area contributed by atoms with Crippen LogP contribution in [0.3, 0.4) is 0 Å². The zero-order valence-electron chi connectivity index (χ0n) is 11.2. The molecule has 2 heterocycles. The minimum Gasteiger partial charge on any atom is -0.310 e. The van der Waals surface area contributed by atoms with Crippen LogP contribution in [0.5, 0.6) is 0 Å². The molecule has 0 bridgehead atoms. The lowest BCUT2D eigenvalue weighted by atomic mass is 10.2. The Morgan fingerprint density at radius 1 is 1.11 bits per heavy atom. The van der Waals surface area contributed by atoms with Crippen LogP contribution in [0.1, 0.15) is 19.0 Å². The molecule has 4 heteroatoms. The minimum absolute atomic E-state index is 0.729. The summed E-state index contributed by atoms with van der Waals surface area (Å²) in [5, 5.41) is 0. The maximum Gasteiger partial charge on any atom is 0.198 e. The molecular weight excluding hydrogens is 236 g/mol. The van der Waals surface area contributed by atoms with E-state index in [1.165, 1.54) is 0 Å². The van der Waals surface area contributed by atoms with E-state index in [9.17, 15) is 0 Å². The van der Waals surface area contributed by atoms with E-state index in [4.69, 9.17) is 0 Å². The van der Waals surface area contributed by atoms with Gasteiger partial charge in [0.05, 0.1) is 11.9 Å². The fourth-order valence-corrected chi connectivity index (χ4v) is 2.22. The molecule has 0 fully saturated rings. The van der Waals surface area contributed by atoms with Crippen LogP contribution in [0.4, 0.5) is 0 Å². The van der Waals surface area contributed by atoms with Crippen LogP contribution in [0, 0.1) is 0 Å². The number of fused-ring (bicyclic) bond motifs is 1. The highest BCUT2D eigenvalue weighted by Gasteiger charge is 2.12. The molecule has 0 saturated heterocycles. The molecule has 0 unspecified atom stereocenters. The Morgan fingerprint density at radius 3 is 2.63 bits per heavy atom. The first-order valence-corrected chi connectivity index (χ1v) is 6.53. The van der Waals surface area contributed by atoms with Crippen molar-refractivity contribution in [1.82, 2.24) is 19.5 Å². The van der Waals surface area contributed by atoms with Gasteiger partial charge in [-0.3, -0.25) is 0 Å². The van der Waals surface area contributed by atoms with Crippen molar-refractivity contribution >= 4 is 11.3 Å². The van der Waals surface area contributed by atoms with Crippen LogP contribution in [0.2, 0.25) is 0 Å². The first-order chi connectivity index (χ1) is 9.29. The summed E-state index contributed by atoms with van der Waals surface area (Å²) in [6.45, 7) is 2.14. The molecule has 0 amide bonds. The van der Waals surface area contributed by atoms with Gasteiger partial charge in [0, 0.05) is 12.6 Å². The largest absolute Gasteiger partial charge is 0.310 e. The summed E-state index contributed by atoms with van der Waals surface area (Å²) in [6, 6.07) is 10.1. The van der Waals surface area contributed by atoms with Crippen LogP contribution in [0.25, 0.3) is 22.7 Å². The smallest absolute Gasteiger partial charge is 0.198 e. The number of hydrogen-bond donors (Lipinski definition) is 0. The third kappa shape index (κ3) is 2.10. The first-order valence-electron chi connectivity index (χ1n) is 6.53. The summed E-state index contributed by atoms with van der Waals surface area (Å²) < 4.78 is 1.99. The van der Waals surface area contributed by atoms with Crippen molar-refractivity contribution < 1.29 is 0 Å². The van der Waals surface area contributed by atoms with Crippen molar-refractivity contribution in [2.75, 3.05) is 0 Å². The first kappa shape index (κ1) is 11.8. The van der Waals surface area contributed by atoms with E-state index in [1.54, 1.807) is 0 Å². The van der Waals surface area contributed by atoms with Crippen molar-refractivity contribution in [2.45, 2.75) is 19.8 Å². The summed E-state index contributed by atoms with van der Waals surface area (Å²) in [6.07, 6.45) is 3.86. The van der Waals surface area contributed by atoms with E-state index in [-0.39, 0.29) is 0 Å². The van der Waals surface area contributed by atoms with Gasteiger partial charge in [-0.2, -0.15) is 0 Å². The molecule has 0 atom stereocenters. The SMILES string of the molecule is CCCc1cnc2c(n1)nc(-c1ccccc1)n2C. The highest BCUT2D eigenvalue weighted by Crippen LogP contribution is 2.21. The molecule has 0 aliphatic rings. The van der Waals surface area contributed by atoms with Crippen molar-refractivity contribution in [1.29, 1.82) is 0 Å². The zero-order valence-corrected chi connectivity index (χ0v) is 11.2. The van der Waals surface area contributed by atoms with Gasteiger partial charge in [-0.05, 0) is 6.42 Å². The van der Waals surface area contributed by atoms with Gasteiger partial charge >= 0.3 is 0 Å². The molecule has 3 aromatic rings. The van der Waals surface area contributed by atoms with E-state index in [0.717, 1.165) is 41.2 Å². The molecule has 1 aromatic carbocycles. The maximum absolute atomic E-state index is 4.61. The predicted octanol–water partition coefficient (Wildman–Crippen LogP) is 2.98. The number of hydrogen-bond acceptors (Lipinski definition) is 3. The van der Waals surface area contributed by atoms with E-state index in [2.05, 4.69) is 21.9 Å². The molecular formula is C15H16N4. The average Bonchev–Trinajstić information content (AvgIpc) is 2.77. The summed E-state index contributed by atoms with van der Waals surface area (Å²) in [7, 11) is 1.98. The van der Waals surface area contributed by atoms with Gasteiger partial charge in [0.1, 0.15) is 5.82 Å². The van der Waals surface area contributed by atoms with Gasteiger partial charge < -0.3 is 4.57 Å². The van der Waals surface area contributed by atoms with Crippen molar-refractivity contribution in [3.63, 3.8) is 0 Å². The van der Waals surface area contributed by atoms with Crippen LogP contribution < -0.4 is 0 Å². The van der Waals surface area contributed by atoms with Gasteiger partial charge in [0.25, 0.3) is 0 Å². The molecule has 0 spiro atoms. The van der Waals surface area contributed by atoms with Gasteiger partial charge in [-0.1, -0.05) is 43.7 Å². The summed E-state index contributed by atoms with van der Waals surface area (Å²) in [4.78, 5) is 13.7. The molecule has 4 nitrogen and oxygen atoms in total. The molecule has 2 aromatic heterocycles. The third-order valence-electron chi connectivity index (χ3n) is 3.17. The average molecular weight is 252 g/mol. The second-order valence-corrected chi connectivity index (χ2v) is 4.62. The highest BCUT2D eigenvalue weighted by molar-refractivity contribution is 5.73. The third-order valence-corrected chi connectivity index (χ3v) is 3.17. The van der Waals surface area contributed by atoms with Crippen LogP contribution in [-0.2, 0) is 13.5 Å². The lowest BCUT2D eigenvalue weighted by Crippen LogP contribution is -1.95. The normalized spacial score (nSPS) is 11.1. The second kappa shape index (κ2) is 4.80. The second-order valence-electron chi connectivity index (χ2n) is 4.62. The number of rotatable bonds is 3. The summed E-state index contributed by atoms with van der Waals surface area (Å²) >= 11 is 0. The fraction of sp³-hybridized carbons (Fsp3) is 0.267. The predicted molar refractivity (Wildman–Crippen MR) is 75.7 cm³/mol. The van der Waals surface area contributed by atoms with Gasteiger partial charge in [0.15, 0.2) is 11.3 Å². The molecule has 0 radical (unpaired) electrons. The Kier molecular flexibility index (Phi) is 2.99. The lowest BCUT2D eigenvalue weighted by molar-refractivity contribution is 0.875. The van der Waals surface area contributed by atoms with E-state index < -0.39 is 0 Å². The molecule has 96 valence electrons. The number of aromatic nitrogens is 4. The molecule has 0 N–H and O–H groups in total. The standard InChI is InChI=1S/C15H16N4/c1-3-7-12-10-16-15-13(17-12)18-14(19(15)2)11-8-5-4-6-9-11/h4-6,8-10H,3,7H2,1-2H3. The lowest BCUT2D eigenvalue weighted by Gasteiger charge is -2.01. The number of nitrogens with zero attached hydrogens (tertiary/aromatic N) is 4. The Balaban J connectivity index is 2.14. The van der Waals surface area contributed by atoms with Gasteiger partial charge in [-0.25, -0.2) is 15.0 Å². The highest BCUT2D eigenvalue weighted by atomic mass is 15.1. The maximum atomic E-state index is 4.61. The van der Waals surface area contributed by atoms with Crippen LogP contribution in [0.15, 0.2) is 36.5 Å². The van der Waals surface area contributed by atoms with E-state index in [0.29, 0.717) is 0 Å². The Morgan fingerprint density at radius 2 is 1.89 bits per heavy atom. The minimum atomic E-state index is 0.729. The topological polar surface area (TPSA) is 43.6 Å². The number of imidazole rings is 1. The molecule has 0 aliphatic heterocycles. The van der Waals surface area contributed by atoms with Crippen molar-refractivity contribution in [3.8, 4) is 11.4 Å². The zero-order chi connectivity index (χ0) is 13.2. The van der Waals surface area contributed by atoms with E-state index in [1.807, 2.05) is 48.1 Å². The van der Waals surface area contributed by atoms with Crippen LogP contribution in [-0.4, -0.2) is 19.5 Å². The fourth-order valence-electron chi connectivity index (χ4n) is 2.22. The molecule has 19 heavy (non-hydrogen) atoms. The van der Waals surface area contributed by atoms with E-state index >= 15 is 0 Å². The van der Waals surface area contributed by atoms with Gasteiger partial charge in [0.2, 0.25) is 0 Å². The molecule has 0 saturated carbocycles. The molecule has 3 rings (SSSR count). The quantitative estimate of drug-likeness (QED) is 0.719. The summed E-state index contributed by atoms with van der Waals surface area (Å²) in [5.41, 5.74) is 3.65. The van der Waals surface area contributed by atoms with Crippen molar-refractivity contribution in [2.24, 2.45) is 7.05 Å². The molecule has 0 aliphatic carbocycles. The van der Waals surface area contributed by atoms with Crippen LogP contribution >= 0.6 is 0 Å². The van der Waals surface area contributed by atoms with Crippen molar-refractivity contribution in [3.05, 3.63) is 42.2 Å². The Hall–Kier alpha value is -2.23.